The van der Waals surface area contributed by atoms with Gasteiger partial charge < -0.3 is 10.6 Å². The molecule has 0 aliphatic heterocycles. The van der Waals surface area contributed by atoms with Gasteiger partial charge in [0.1, 0.15) is 12.2 Å². The lowest BCUT2D eigenvalue weighted by Crippen LogP contribution is -2.23. The average molecular weight is 174 g/mol. The highest BCUT2D eigenvalue weighted by Crippen LogP contribution is 1.94. The van der Waals surface area contributed by atoms with Gasteiger partial charge in [0.15, 0.2) is 0 Å². The number of ketones is 1. The molecule has 3 N–H and O–H groups in total. The Morgan fingerprint density at radius 1 is 1.58 bits per heavy atom. The molecule has 1 atom stereocenters. The van der Waals surface area contributed by atoms with Crippen LogP contribution < -0.4 is 11.2 Å². The number of carbonyl (C=O) groups is 2. The smallest absolute Gasteiger partial charge is 0.332 e. The molecule has 0 fully saturated rings. The zero-order valence-corrected chi connectivity index (χ0v) is 7.29. The van der Waals surface area contributed by atoms with Gasteiger partial charge in [-0.1, -0.05) is 0 Å². The maximum Gasteiger partial charge on any atom is 0.332 e. The maximum absolute atomic E-state index is 10.9. The Bertz CT molecular complexity index is 168. The molecule has 0 aromatic heterocycles. The summed E-state index contributed by atoms with van der Waals surface area (Å²) in [7, 11) is 1.45. The first-order chi connectivity index (χ1) is 5.56. The SMILES string of the molecule is CNOC(=O)CC(=O)CC(C)N. The van der Waals surface area contributed by atoms with E-state index in [4.69, 9.17) is 5.73 Å². The van der Waals surface area contributed by atoms with Crippen LogP contribution in [0.2, 0.25) is 0 Å². The number of hydrogen-bond donors (Lipinski definition) is 2. The fourth-order valence-corrected chi connectivity index (χ4v) is 0.742. The van der Waals surface area contributed by atoms with Crippen molar-refractivity contribution in [2.24, 2.45) is 5.73 Å². The van der Waals surface area contributed by atoms with Crippen LogP contribution in [0.4, 0.5) is 0 Å². The van der Waals surface area contributed by atoms with Crippen molar-refractivity contribution in [1.82, 2.24) is 5.48 Å². The molecule has 70 valence electrons. The predicted octanol–water partition coefficient (Wildman–Crippen LogP) is -0.639. The van der Waals surface area contributed by atoms with Crippen molar-refractivity contribution in [3.63, 3.8) is 0 Å². The van der Waals surface area contributed by atoms with E-state index in [1.54, 1.807) is 6.92 Å². The molecule has 0 aliphatic carbocycles. The third kappa shape index (κ3) is 5.82. The number of hydroxylamine groups is 1. The van der Waals surface area contributed by atoms with Crippen LogP contribution in [0.5, 0.6) is 0 Å². The van der Waals surface area contributed by atoms with E-state index < -0.39 is 5.97 Å². The molecule has 0 aromatic carbocycles. The maximum atomic E-state index is 10.9. The van der Waals surface area contributed by atoms with Crippen molar-refractivity contribution in [2.45, 2.75) is 25.8 Å². The lowest BCUT2D eigenvalue weighted by molar-refractivity contribution is -0.151. The summed E-state index contributed by atoms with van der Waals surface area (Å²) < 4.78 is 0. The molecule has 0 radical (unpaired) electrons. The molecule has 0 saturated heterocycles. The van der Waals surface area contributed by atoms with Crippen molar-refractivity contribution in [3.05, 3.63) is 0 Å². The van der Waals surface area contributed by atoms with E-state index in [9.17, 15) is 9.59 Å². The third-order valence-corrected chi connectivity index (χ3v) is 1.11. The molecule has 0 heterocycles. The Morgan fingerprint density at radius 3 is 2.58 bits per heavy atom. The van der Waals surface area contributed by atoms with Gasteiger partial charge in [-0.05, 0) is 6.92 Å². The molecule has 0 saturated carbocycles. The number of nitrogens with two attached hydrogens (primary N) is 1. The van der Waals surface area contributed by atoms with Crippen LogP contribution in [0.3, 0.4) is 0 Å². The number of Topliss-reactive ketones (excluding diaryl/α,β-unsaturated/α-hetero) is 1. The van der Waals surface area contributed by atoms with E-state index in [-0.39, 0.29) is 24.7 Å². The number of nitrogens with one attached hydrogen (secondary N) is 1. The third-order valence-electron chi connectivity index (χ3n) is 1.11. The number of carbonyl (C=O) groups excluding carboxylic acids is 2. The van der Waals surface area contributed by atoms with E-state index in [2.05, 4.69) is 10.3 Å². The van der Waals surface area contributed by atoms with Gasteiger partial charge in [-0.15, -0.1) is 0 Å². The molecule has 0 rings (SSSR count). The Hall–Kier alpha value is -0.940. The van der Waals surface area contributed by atoms with Gasteiger partial charge in [0.25, 0.3) is 0 Å². The van der Waals surface area contributed by atoms with Crippen LogP contribution >= 0.6 is 0 Å². The Kier molecular flexibility index (Phi) is 5.23. The summed E-state index contributed by atoms with van der Waals surface area (Å²) in [5.74, 6) is -0.784. The first-order valence-corrected chi connectivity index (χ1v) is 3.70. The standard InChI is InChI=1S/C7H14N2O3/c1-5(8)3-6(10)4-7(11)12-9-2/h5,9H,3-4,8H2,1-2H3. The highest BCUT2D eigenvalue weighted by molar-refractivity contribution is 5.95. The molecule has 0 amide bonds. The van der Waals surface area contributed by atoms with Gasteiger partial charge in [0.2, 0.25) is 0 Å². The fourth-order valence-electron chi connectivity index (χ4n) is 0.742. The van der Waals surface area contributed by atoms with Gasteiger partial charge in [0.05, 0.1) is 0 Å². The molecule has 0 aromatic rings. The molecule has 1 unspecified atom stereocenters. The quantitative estimate of drug-likeness (QED) is 0.428. The summed E-state index contributed by atoms with van der Waals surface area (Å²) in [5, 5.41) is 0. The summed E-state index contributed by atoms with van der Waals surface area (Å²) in [4.78, 5) is 26.0. The van der Waals surface area contributed by atoms with Crippen molar-refractivity contribution in [1.29, 1.82) is 0 Å². The first-order valence-electron chi connectivity index (χ1n) is 3.70. The minimum absolute atomic E-state index is 0.203. The van der Waals surface area contributed by atoms with E-state index >= 15 is 0 Å². The Balaban J connectivity index is 3.62. The minimum Gasteiger partial charge on any atom is -0.370 e. The highest BCUT2D eigenvalue weighted by Gasteiger charge is 2.11. The largest absolute Gasteiger partial charge is 0.370 e. The molecule has 5 heteroatoms. The number of hydrogen-bond acceptors (Lipinski definition) is 5. The monoisotopic (exact) mass is 174 g/mol. The zero-order valence-electron chi connectivity index (χ0n) is 7.29. The predicted molar refractivity (Wildman–Crippen MR) is 43.0 cm³/mol. The van der Waals surface area contributed by atoms with Crippen LogP contribution in [-0.4, -0.2) is 24.8 Å². The van der Waals surface area contributed by atoms with Crippen LogP contribution in [-0.2, 0) is 14.4 Å². The zero-order chi connectivity index (χ0) is 9.56. The molecule has 0 aliphatic rings. The molecule has 5 nitrogen and oxygen atoms in total. The fraction of sp³-hybridized carbons (Fsp3) is 0.714. The summed E-state index contributed by atoms with van der Waals surface area (Å²) in [6.07, 6.45) is -0.0127. The second-order valence-electron chi connectivity index (χ2n) is 2.58. The van der Waals surface area contributed by atoms with Crippen LogP contribution in [0.25, 0.3) is 0 Å². The van der Waals surface area contributed by atoms with Gasteiger partial charge in [-0.25, -0.2) is 4.79 Å². The van der Waals surface area contributed by atoms with E-state index in [1.807, 2.05) is 0 Å². The summed E-state index contributed by atoms with van der Waals surface area (Å²) in [6.45, 7) is 1.71. The molecule has 12 heavy (non-hydrogen) atoms. The van der Waals surface area contributed by atoms with Crippen LogP contribution in [0.1, 0.15) is 19.8 Å². The number of rotatable bonds is 5. The first kappa shape index (κ1) is 11.1. The van der Waals surface area contributed by atoms with E-state index in [0.717, 1.165) is 0 Å². The van der Waals surface area contributed by atoms with Crippen molar-refractivity contribution >= 4 is 11.8 Å². The molecule has 0 spiro atoms. The van der Waals surface area contributed by atoms with Crippen molar-refractivity contribution in [3.8, 4) is 0 Å². The minimum atomic E-state index is -0.580. The van der Waals surface area contributed by atoms with Gasteiger partial charge in [-0.2, -0.15) is 5.48 Å². The lowest BCUT2D eigenvalue weighted by Gasteiger charge is -2.03. The van der Waals surface area contributed by atoms with Gasteiger partial charge in [-0.3, -0.25) is 4.79 Å². The molecular weight excluding hydrogens is 160 g/mol. The molecular formula is C7H14N2O3. The summed E-state index contributed by atoms with van der Waals surface area (Å²) in [6, 6.07) is -0.208. The van der Waals surface area contributed by atoms with Crippen LogP contribution in [0, 0.1) is 0 Å². The second kappa shape index (κ2) is 5.68. The average Bonchev–Trinajstić information content (AvgIpc) is 1.84. The van der Waals surface area contributed by atoms with Crippen molar-refractivity contribution in [2.75, 3.05) is 7.05 Å². The highest BCUT2D eigenvalue weighted by atomic mass is 16.7. The normalized spacial score (nSPS) is 12.2. The van der Waals surface area contributed by atoms with E-state index in [1.165, 1.54) is 7.05 Å². The van der Waals surface area contributed by atoms with Gasteiger partial charge >= 0.3 is 5.97 Å². The molecule has 0 bridgehead atoms. The van der Waals surface area contributed by atoms with Gasteiger partial charge in [0, 0.05) is 19.5 Å². The summed E-state index contributed by atoms with van der Waals surface area (Å²) in [5.41, 5.74) is 7.55. The Labute approximate surface area is 71.2 Å². The lowest BCUT2D eigenvalue weighted by atomic mass is 10.1. The topological polar surface area (TPSA) is 81.4 Å². The summed E-state index contributed by atoms with van der Waals surface area (Å²) >= 11 is 0. The Morgan fingerprint density at radius 2 is 2.17 bits per heavy atom. The second-order valence-corrected chi connectivity index (χ2v) is 2.58. The van der Waals surface area contributed by atoms with E-state index in [0.29, 0.717) is 0 Å². The van der Waals surface area contributed by atoms with Crippen molar-refractivity contribution < 1.29 is 14.4 Å². The van der Waals surface area contributed by atoms with Crippen LogP contribution in [0.15, 0.2) is 0 Å².